The Kier molecular flexibility index (Phi) is 3.26. The third kappa shape index (κ3) is 5.49. The molecule has 0 bridgehead atoms. The molecule has 4 heteroatoms. The second kappa shape index (κ2) is 3.49. The molecule has 0 aromatic carbocycles. The average Bonchev–Trinajstić information content (AvgIpc) is 1.61. The van der Waals surface area contributed by atoms with Crippen LogP contribution in [0, 0.1) is 0 Å². The van der Waals surface area contributed by atoms with E-state index in [1.807, 2.05) is 13.8 Å². The molecule has 0 rings (SSSR count). The summed E-state index contributed by atoms with van der Waals surface area (Å²) in [4.78, 5) is 0. The van der Waals surface area contributed by atoms with Crippen molar-refractivity contribution in [3.63, 3.8) is 0 Å². The summed E-state index contributed by atoms with van der Waals surface area (Å²) in [5.41, 5.74) is 0.934. The van der Waals surface area contributed by atoms with Crippen LogP contribution in [0.5, 0.6) is 0 Å². The number of rotatable bonds is 2. The number of nitrogens with one attached hydrogen (secondary N) is 1. The van der Waals surface area contributed by atoms with Crippen LogP contribution < -0.4 is 4.72 Å². The van der Waals surface area contributed by atoms with Gasteiger partial charge in [0.15, 0.2) is 0 Å². The van der Waals surface area contributed by atoms with Gasteiger partial charge in [0.05, 0.1) is 0 Å². The highest BCUT2D eigenvalue weighted by Crippen LogP contribution is 1.81. The van der Waals surface area contributed by atoms with E-state index in [0.29, 0.717) is 0 Å². The van der Waals surface area contributed by atoms with Gasteiger partial charge in [-0.25, -0.2) is 8.42 Å². The minimum Gasteiger partial charge on any atom is -0.293 e. The Bertz CT molecular complexity index is 147. The molecule has 0 aliphatic carbocycles. The highest BCUT2D eigenvalue weighted by Gasteiger charge is 1.74. The van der Waals surface area contributed by atoms with Crippen molar-refractivity contribution in [2.75, 3.05) is 0 Å². The van der Waals surface area contributed by atoms with E-state index in [-0.39, 0.29) is 0 Å². The smallest absolute Gasteiger partial charge is 0.222 e. The highest BCUT2D eigenvalue weighted by molar-refractivity contribution is 7.70. The van der Waals surface area contributed by atoms with Crippen LogP contribution in [0.15, 0.2) is 11.8 Å². The molecule has 0 unspecified atom stereocenters. The summed E-state index contributed by atoms with van der Waals surface area (Å²) in [5, 5.41) is 0. The van der Waals surface area contributed by atoms with E-state index < -0.39 is 10.9 Å². The molecule has 0 saturated carbocycles. The lowest BCUT2D eigenvalue weighted by Gasteiger charge is -1.85. The first-order chi connectivity index (χ1) is 3.63. The Balaban J connectivity index is 3.61. The van der Waals surface area contributed by atoms with Gasteiger partial charge in [-0.15, -0.1) is 0 Å². The maximum absolute atomic E-state index is 9.79. The molecule has 3 nitrogen and oxygen atoms in total. The van der Waals surface area contributed by atoms with E-state index in [4.69, 9.17) is 0 Å². The largest absolute Gasteiger partial charge is 0.293 e. The highest BCUT2D eigenvalue weighted by atomic mass is 32.2. The van der Waals surface area contributed by atoms with Crippen LogP contribution in [-0.4, -0.2) is 8.42 Å². The molecule has 0 atom stereocenters. The second-order valence-corrected chi connectivity index (χ2v) is 2.38. The monoisotopic (exact) mass is 135 g/mol. The lowest BCUT2D eigenvalue weighted by molar-refractivity contribution is 0.609. The van der Waals surface area contributed by atoms with Gasteiger partial charge in [-0.05, 0) is 13.8 Å². The summed E-state index contributed by atoms with van der Waals surface area (Å²) in [6.45, 7) is 3.62. The Hall–Kier alpha value is -0.510. The maximum atomic E-state index is 9.79. The predicted molar refractivity (Wildman–Crippen MR) is 32.9 cm³/mol. The van der Waals surface area contributed by atoms with E-state index in [2.05, 4.69) is 4.72 Å². The normalized spacial score (nSPS) is 8.88. The first kappa shape index (κ1) is 7.49. The van der Waals surface area contributed by atoms with Crippen LogP contribution in [0.2, 0.25) is 0 Å². The summed E-state index contributed by atoms with van der Waals surface area (Å²) in [6.07, 6.45) is 1.44. The average molecular weight is 135 g/mol. The number of thiol groups is 1. The fraction of sp³-hybridized carbons (Fsp3) is 0.500. The zero-order valence-corrected chi connectivity index (χ0v) is 5.74. The molecule has 8 heavy (non-hydrogen) atoms. The number of hydrogen-bond donors (Lipinski definition) is 2. The van der Waals surface area contributed by atoms with Crippen LogP contribution >= 0.6 is 0 Å². The first-order valence-corrected chi connectivity index (χ1v) is 3.34. The van der Waals surface area contributed by atoms with Gasteiger partial charge in [-0.2, -0.15) is 0 Å². The van der Waals surface area contributed by atoms with E-state index in [9.17, 15) is 8.42 Å². The summed E-state index contributed by atoms with van der Waals surface area (Å²) in [5.74, 6) is 0. The summed E-state index contributed by atoms with van der Waals surface area (Å²) in [7, 11) is -2.46. The quantitative estimate of drug-likeness (QED) is 0.524. The standard InChI is InChI=1S/C4H9NO2S/c1-4(2)3-5-8(6)7/h3,8H,1-2H3,(H,5,6,7). The van der Waals surface area contributed by atoms with Gasteiger partial charge in [-0.3, -0.25) is 4.72 Å². The maximum Gasteiger partial charge on any atom is 0.222 e. The molecule has 0 aliphatic rings. The molecule has 48 valence electrons. The van der Waals surface area contributed by atoms with Crippen molar-refractivity contribution in [3.05, 3.63) is 11.8 Å². The molecule has 0 amide bonds. The van der Waals surface area contributed by atoms with Crippen molar-refractivity contribution >= 4 is 10.9 Å². The van der Waals surface area contributed by atoms with Gasteiger partial charge in [0.1, 0.15) is 0 Å². The fourth-order valence-corrected chi connectivity index (χ4v) is 0.545. The van der Waals surface area contributed by atoms with E-state index in [0.717, 1.165) is 5.57 Å². The Morgan fingerprint density at radius 1 is 1.50 bits per heavy atom. The molecule has 0 saturated heterocycles. The zero-order chi connectivity index (χ0) is 6.57. The molecular weight excluding hydrogens is 126 g/mol. The molecule has 0 aromatic heterocycles. The van der Waals surface area contributed by atoms with Crippen LogP contribution in [0.25, 0.3) is 0 Å². The van der Waals surface area contributed by atoms with E-state index >= 15 is 0 Å². The zero-order valence-electron chi connectivity index (χ0n) is 4.84. The molecule has 0 heterocycles. The first-order valence-electron chi connectivity index (χ1n) is 2.17. The third-order valence-electron chi connectivity index (χ3n) is 0.459. The summed E-state index contributed by atoms with van der Waals surface area (Å²) in [6, 6.07) is 0. The van der Waals surface area contributed by atoms with Gasteiger partial charge in [-0.1, -0.05) is 5.57 Å². The van der Waals surface area contributed by atoms with Crippen molar-refractivity contribution < 1.29 is 8.42 Å². The Labute approximate surface area is 50.5 Å². The molecule has 0 spiro atoms. The Morgan fingerprint density at radius 3 is 2.12 bits per heavy atom. The van der Waals surface area contributed by atoms with Gasteiger partial charge in [0.2, 0.25) is 10.9 Å². The minimum absolute atomic E-state index is 0.934. The van der Waals surface area contributed by atoms with Gasteiger partial charge in [0.25, 0.3) is 0 Å². The summed E-state index contributed by atoms with van der Waals surface area (Å²) >= 11 is 0. The van der Waals surface area contributed by atoms with E-state index in [1.165, 1.54) is 6.20 Å². The van der Waals surface area contributed by atoms with Crippen molar-refractivity contribution in [3.8, 4) is 0 Å². The number of allylic oxidation sites excluding steroid dienone is 1. The van der Waals surface area contributed by atoms with Crippen molar-refractivity contribution in [1.29, 1.82) is 0 Å². The van der Waals surface area contributed by atoms with Crippen LogP contribution in [-0.2, 0) is 10.9 Å². The van der Waals surface area contributed by atoms with E-state index in [1.54, 1.807) is 0 Å². The second-order valence-electron chi connectivity index (χ2n) is 1.61. The topological polar surface area (TPSA) is 46.2 Å². The predicted octanol–water partition coefficient (Wildman–Crippen LogP) is 0.0261. The molecule has 0 fully saturated rings. The van der Waals surface area contributed by atoms with Crippen LogP contribution in [0.4, 0.5) is 0 Å². The van der Waals surface area contributed by atoms with Crippen molar-refractivity contribution in [2.24, 2.45) is 0 Å². The molecule has 0 aliphatic heterocycles. The number of hydrogen-bond acceptors (Lipinski definition) is 2. The molecule has 0 radical (unpaired) electrons. The van der Waals surface area contributed by atoms with Crippen LogP contribution in [0.3, 0.4) is 0 Å². The fourth-order valence-electron chi connectivity index (χ4n) is 0.182. The van der Waals surface area contributed by atoms with Gasteiger partial charge in [0, 0.05) is 6.20 Å². The molecular formula is C4H9NO2S. The SMILES string of the molecule is CC(C)=CN[SH](=O)=O. The molecule has 0 aromatic rings. The summed E-state index contributed by atoms with van der Waals surface area (Å²) < 4.78 is 21.7. The van der Waals surface area contributed by atoms with Crippen molar-refractivity contribution in [1.82, 2.24) is 4.72 Å². The van der Waals surface area contributed by atoms with Crippen molar-refractivity contribution in [2.45, 2.75) is 13.8 Å². The molecule has 1 N–H and O–H groups in total. The van der Waals surface area contributed by atoms with Gasteiger partial charge < -0.3 is 0 Å². The minimum atomic E-state index is -2.46. The third-order valence-corrected chi connectivity index (χ3v) is 0.799. The van der Waals surface area contributed by atoms with Gasteiger partial charge >= 0.3 is 0 Å². The lowest BCUT2D eigenvalue weighted by Crippen LogP contribution is -2.00. The lowest BCUT2D eigenvalue weighted by atomic mass is 10.4. The Morgan fingerprint density at radius 2 is 2.00 bits per heavy atom. The van der Waals surface area contributed by atoms with Crippen LogP contribution in [0.1, 0.15) is 13.8 Å².